The predicted molar refractivity (Wildman–Crippen MR) is 138 cm³/mol. The first-order valence-electron chi connectivity index (χ1n) is 12.2. The van der Waals surface area contributed by atoms with Crippen molar-refractivity contribution in [2.24, 2.45) is 0 Å². The van der Waals surface area contributed by atoms with E-state index in [0.29, 0.717) is 48.3 Å². The lowest BCUT2D eigenvalue weighted by Gasteiger charge is -2.38. The van der Waals surface area contributed by atoms with Gasteiger partial charge < -0.3 is 19.5 Å². The molecule has 3 aromatic rings. The molecule has 0 bridgehead atoms. The molecule has 2 aromatic carbocycles. The topological polar surface area (TPSA) is 81.2 Å². The molecule has 38 heavy (non-hydrogen) atoms. The number of rotatable bonds is 5. The zero-order valence-electron chi connectivity index (χ0n) is 21.8. The lowest BCUT2D eigenvalue weighted by Crippen LogP contribution is -2.49. The molecule has 1 N–H and O–H groups in total. The Labute approximate surface area is 220 Å². The Morgan fingerprint density at radius 1 is 1.13 bits per heavy atom. The van der Waals surface area contributed by atoms with Crippen LogP contribution >= 0.6 is 0 Å². The van der Waals surface area contributed by atoms with E-state index >= 15 is 0 Å². The summed E-state index contributed by atoms with van der Waals surface area (Å²) in [5, 5.41) is 15.9. The third-order valence-corrected chi connectivity index (χ3v) is 6.37. The van der Waals surface area contributed by atoms with Crippen LogP contribution in [0.15, 0.2) is 42.6 Å². The molecular formula is C28H30F2N4O4. The summed E-state index contributed by atoms with van der Waals surface area (Å²) in [6.07, 6.45) is 1.87. The Morgan fingerprint density at radius 2 is 1.79 bits per heavy atom. The molecule has 10 heteroatoms. The van der Waals surface area contributed by atoms with Crippen molar-refractivity contribution in [2.45, 2.75) is 51.4 Å². The number of amides is 1. The van der Waals surface area contributed by atoms with E-state index in [2.05, 4.69) is 9.94 Å². The molecule has 1 saturated heterocycles. The van der Waals surface area contributed by atoms with E-state index in [1.165, 1.54) is 31.4 Å². The molecule has 0 spiro atoms. The van der Waals surface area contributed by atoms with Gasteiger partial charge in [0.05, 0.1) is 25.8 Å². The SMILES string of the molecule is [C-]#[N+]c1ccc(-c2nn(CC3(O)CCN(C(=O)OC(C)(C)C)CC3)cc2-c2ccc(OC)c(F)c2)cc1F. The van der Waals surface area contributed by atoms with Crippen molar-refractivity contribution in [3.63, 3.8) is 0 Å². The van der Waals surface area contributed by atoms with Gasteiger partial charge >= 0.3 is 6.09 Å². The number of piperidine rings is 1. The highest BCUT2D eigenvalue weighted by molar-refractivity contribution is 5.81. The highest BCUT2D eigenvalue weighted by Crippen LogP contribution is 2.36. The number of likely N-dealkylation sites (tertiary alicyclic amines) is 1. The van der Waals surface area contributed by atoms with Gasteiger partial charge in [-0.2, -0.15) is 5.10 Å². The Hall–Kier alpha value is -3.97. The van der Waals surface area contributed by atoms with E-state index in [1.807, 2.05) is 0 Å². The van der Waals surface area contributed by atoms with E-state index in [9.17, 15) is 18.7 Å². The van der Waals surface area contributed by atoms with Gasteiger partial charge in [0.15, 0.2) is 11.6 Å². The van der Waals surface area contributed by atoms with Gasteiger partial charge in [-0.3, -0.25) is 4.68 Å². The van der Waals surface area contributed by atoms with E-state index < -0.39 is 28.9 Å². The van der Waals surface area contributed by atoms with Crippen LogP contribution < -0.4 is 4.74 Å². The molecule has 1 aliphatic rings. The largest absolute Gasteiger partial charge is 0.494 e. The summed E-state index contributed by atoms with van der Waals surface area (Å²) in [7, 11) is 1.37. The highest BCUT2D eigenvalue weighted by Gasteiger charge is 2.36. The first-order valence-corrected chi connectivity index (χ1v) is 12.2. The molecule has 1 fully saturated rings. The number of hydrogen-bond donors (Lipinski definition) is 1. The second kappa shape index (κ2) is 10.4. The van der Waals surface area contributed by atoms with Crippen LogP contribution in [0.3, 0.4) is 0 Å². The summed E-state index contributed by atoms with van der Waals surface area (Å²) in [6.45, 7) is 13.3. The highest BCUT2D eigenvalue weighted by atomic mass is 19.1. The predicted octanol–water partition coefficient (Wildman–Crippen LogP) is 5.82. The fraction of sp³-hybridized carbons (Fsp3) is 0.393. The molecule has 200 valence electrons. The van der Waals surface area contributed by atoms with Gasteiger partial charge in [0, 0.05) is 30.4 Å². The fourth-order valence-electron chi connectivity index (χ4n) is 4.40. The standard InChI is InChI=1S/C28H30F2N4O4/c1-27(2,3)38-26(35)33-12-10-28(36,11-13-33)17-34-16-20(18-7-9-24(37-5)22(30)14-18)25(32-34)19-6-8-23(31-4)21(29)15-19/h6-9,14-16,36H,10-13,17H2,1-3,5H3. The number of nitrogens with zero attached hydrogens (tertiary/aromatic N) is 4. The first-order chi connectivity index (χ1) is 17.9. The number of benzene rings is 2. The Kier molecular flexibility index (Phi) is 7.42. The number of carbonyl (C=O) groups is 1. The quantitative estimate of drug-likeness (QED) is 0.426. The zero-order valence-corrected chi connectivity index (χ0v) is 21.8. The maximum absolute atomic E-state index is 14.6. The van der Waals surface area contributed by atoms with Crippen LogP contribution in [-0.4, -0.2) is 57.3 Å². The minimum absolute atomic E-state index is 0.0844. The smallest absolute Gasteiger partial charge is 0.410 e. The van der Waals surface area contributed by atoms with Gasteiger partial charge in [0.25, 0.3) is 0 Å². The fourth-order valence-corrected chi connectivity index (χ4v) is 4.40. The van der Waals surface area contributed by atoms with E-state index in [4.69, 9.17) is 16.0 Å². The maximum Gasteiger partial charge on any atom is 0.410 e. The Bertz CT molecular complexity index is 1380. The summed E-state index contributed by atoms with van der Waals surface area (Å²) in [5.41, 5.74) is -0.0753. The van der Waals surface area contributed by atoms with Crippen LogP contribution in [-0.2, 0) is 11.3 Å². The summed E-state index contributed by atoms with van der Waals surface area (Å²) in [6, 6.07) is 8.65. The second-order valence-corrected chi connectivity index (χ2v) is 10.4. The van der Waals surface area contributed by atoms with Crippen LogP contribution in [0.4, 0.5) is 19.3 Å². The van der Waals surface area contributed by atoms with Crippen molar-refractivity contribution < 1.29 is 28.2 Å². The van der Waals surface area contributed by atoms with Gasteiger partial charge in [-0.1, -0.05) is 18.2 Å². The Balaban J connectivity index is 1.63. The molecule has 4 rings (SSSR count). The number of carbonyl (C=O) groups excluding carboxylic acids is 1. The number of hydrogen-bond acceptors (Lipinski definition) is 5. The van der Waals surface area contributed by atoms with Gasteiger partial charge in [-0.05, 0) is 57.4 Å². The average Bonchev–Trinajstić information content (AvgIpc) is 3.26. The second-order valence-electron chi connectivity index (χ2n) is 10.4. The van der Waals surface area contributed by atoms with E-state index in [-0.39, 0.29) is 18.0 Å². The molecule has 1 aliphatic heterocycles. The van der Waals surface area contributed by atoms with Crippen LogP contribution in [0, 0.1) is 18.2 Å². The zero-order chi connectivity index (χ0) is 27.7. The van der Waals surface area contributed by atoms with E-state index in [0.717, 1.165) is 0 Å². The van der Waals surface area contributed by atoms with Crippen LogP contribution in [0.1, 0.15) is 33.6 Å². The molecular weight excluding hydrogens is 494 g/mol. The van der Waals surface area contributed by atoms with Crippen molar-refractivity contribution in [3.8, 4) is 28.1 Å². The van der Waals surface area contributed by atoms with Crippen molar-refractivity contribution >= 4 is 11.8 Å². The summed E-state index contributed by atoms with van der Waals surface area (Å²) in [5.74, 6) is -1.17. The first kappa shape index (κ1) is 27.1. The van der Waals surface area contributed by atoms with Gasteiger partial charge in [-0.25, -0.2) is 18.4 Å². The molecule has 2 heterocycles. The molecule has 0 atom stereocenters. The number of ether oxygens (including phenoxy) is 2. The summed E-state index contributed by atoms with van der Waals surface area (Å²) < 4.78 is 41.0. The third-order valence-electron chi connectivity index (χ3n) is 6.37. The van der Waals surface area contributed by atoms with Crippen LogP contribution in [0.5, 0.6) is 5.75 Å². The minimum atomic E-state index is -1.15. The van der Waals surface area contributed by atoms with Gasteiger partial charge in [-0.15, -0.1) is 0 Å². The number of aromatic nitrogens is 2. The van der Waals surface area contributed by atoms with Crippen molar-refractivity contribution in [1.29, 1.82) is 0 Å². The number of halogens is 2. The molecule has 8 nitrogen and oxygen atoms in total. The molecule has 1 aromatic heterocycles. The lowest BCUT2D eigenvalue weighted by molar-refractivity contribution is -0.0431. The van der Waals surface area contributed by atoms with Gasteiger partial charge in [0.1, 0.15) is 17.1 Å². The Morgan fingerprint density at radius 3 is 2.37 bits per heavy atom. The maximum atomic E-state index is 14.6. The molecule has 0 radical (unpaired) electrons. The van der Waals surface area contributed by atoms with Crippen molar-refractivity contribution in [1.82, 2.24) is 14.7 Å². The minimum Gasteiger partial charge on any atom is -0.494 e. The molecule has 0 aliphatic carbocycles. The summed E-state index contributed by atoms with van der Waals surface area (Å²) >= 11 is 0. The van der Waals surface area contributed by atoms with E-state index in [1.54, 1.807) is 48.7 Å². The monoisotopic (exact) mass is 524 g/mol. The average molecular weight is 525 g/mol. The van der Waals surface area contributed by atoms with Crippen molar-refractivity contribution in [3.05, 3.63) is 65.6 Å². The molecule has 0 saturated carbocycles. The van der Waals surface area contributed by atoms with Crippen LogP contribution in [0.25, 0.3) is 27.2 Å². The van der Waals surface area contributed by atoms with Crippen molar-refractivity contribution in [2.75, 3.05) is 20.2 Å². The molecule has 0 unspecified atom stereocenters. The lowest BCUT2D eigenvalue weighted by atomic mass is 9.91. The normalized spacial score (nSPS) is 15.2. The third kappa shape index (κ3) is 5.94. The molecule has 1 amide bonds. The van der Waals surface area contributed by atoms with Gasteiger partial charge in [0.2, 0.25) is 5.69 Å². The van der Waals surface area contributed by atoms with Crippen LogP contribution in [0.2, 0.25) is 0 Å². The number of aliphatic hydroxyl groups is 1. The summed E-state index contributed by atoms with van der Waals surface area (Å²) in [4.78, 5) is 17.1. The number of methoxy groups -OCH3 is 1.